The molecule has 0 bridgehead atoms. The monoisotopic (exact) mass is 345 g/mol. The lowest BCUT2D eigenvalue weighted by Gasteiger charge is -2.35. The van der Waals surface area contributed by atoms with Gasteiger partial charge < -0.3 is 10.4 Å². The number of rotatable bonds is 1. The number of nitrogens with zero attached hydrogens (tertiary/aromatic N) is 2. The molecule has 2 aromatic carbocycles. The molecule has 5 rings (SSSR count). The Morgan fingerprint density at radius 3 is 2.77 bits per heavy atom. The van der Waals surface area contributed by atoms with Crippen molar-refractivity contribution >= 4 is 28.6 Å². The first-order valence-corrected chi connectivity index (χ1v) is 8.43. The number of aromatic nitrogens is 1. The number of pyridine rings is 1. The topological polar surface area (TPSA) is 82.5 Å². The number of hydrogen-bond donors (Lipinski definition) is 2. The highest BCUT2D eigenvalue weighted by molar-refractivity contribution is 6.23. The molecule has 0 saturated heterocycles. The maximum Gasteiger partial charge on any atom is 0.408 e. The number of nitrogens with one attached hydrogen (secondary N) is 1. The molecule has 1 atom stereocenters. The molecule has 1 aromatic heterocycles. The first kappa shape index (κ1) is 14.9. The second-order valence-corrected chi connectivity index (χ2v) is 6.64. The van der Waals surface area contributed by atoms with E-state index >= 15 is 0 Å². The van der Waals surface area contributed by atoms with Crippen LogP contribution in [0.5, 0.6) is 0 Å². The van der Waals surface area contributed by atoms with E-state index in [1.807, 2.05) is 30.3 Å². The quantitative estimate of drug-likeness (QED) is 0.706. The van der Waals surface area contributed by atoms with Crippen molar-refractivity contribution in [1.29, 1.82) is 0 Å². The van der Waals surface area contributed by atoms with Crippen molar-refractivity contribution < 1.29 is 14.7 Å². The van der Waals surface area contributed by atoms with E-state index in [0.717, 1.165) is 27.8 Å². The minimum atomic E-state index is -0.957. The minimum absolute atomic E-state index is 0.145. The Kier molecular flexibility index (Phi) is 3.03. The molecule has 128 valence electrons. The molecule has 0 aliphatic carbocycles. The van der Waals surface area contributed by atoms with E-state index in [2.05, 4.69) is 10.3 Å². The molecule has 0 unspecified atom stereocenters. The van der Waals surface area contributed by atoms with Gasteiger partial charge in [0.05, 0.1) is 22.8 Å². The normalized spacial score (nSPS) is 17.9. The van der Waals surface area contributed by atoms with E-state index < -0.39 is 6.09 Å². The van der Waals surface area contributed by atoms with Crippen LogP contribution in [0.3, 0.4) is 0 Å². The molecule has 0 saturated carbocycles. The van der Waals surface area contributed by atoms with Gasteiger partial charge in [0, 0.05) is 23.7 Å². The molecule has 3 heterocycles. The van der Waals surface area contributed by atoms with E-state index in [4.69, 9.17) is 0 Å². The zero-order valence-electron chi connectivity index (χ0n) is 13.8. The maximum absolute atomic E-state index is 12.1. The fourth-order valence-corrected chi connectivity index (χ4v) is 4.04. The smallest absolute Gasteiger partial charge is 0.408 e. The molecule has 0 radical (unpaired) electrons. The lowest BCUT2D eigenvalue weighted by atomic mass is 9.88. The summed E-state index contributed by atoms with van der Waals surface area (Å²) in [6.07, 6.45) is 1.28. The number of hydrogen-bond acceptors (Lipinski definition) is 3. The molecular formula is C20H15N3O3. The van der Waals surface area contributed by atoms with Crippen LogP contribution < -0.4 is 5.32 Å². The summed E-state index contributed by atoms with van der Waals surface area (Å²) in [5, 5.41) is 13.4. The van der Waals surface area contributed by atoms with Crippen molar-refractivity contribution in [2.75, 3.05) is 5.32 Å². The SMILES string of the molecule is O=C1Nc2ccnc3c([C@@H]4Cc5ccccc5CN4C(=O)O)ccc1c23. The Bertz CT molecular complexity index is 1090. The summed E-state index contributed by atoms with van der Waals surface area (Å²) in [6, 6.07) is 13.0. The maximum atomic E-state index is 12.1. The van der Waals surface area contributed by atoms with Crippen LogP contribution in [0.1, 0.15) is 33.1 Å². The summed E-state index contributed by atoms with van der Waals surface area (Å²) < 4.78 is 0. The van der Waals surface area contributed by atoms with E-state index in [0.29, 0.717) is 24.0 Å². The second kappa shape index (κ2) is 5.29. The summed E-state index contributed by atoms with van der Waals surface area (Å²) in [6.45, 7) is 0.344. The van der Waals surface area contributed by atoms with Crippen LogP contribution in [0.15, 0.2) is 48.7 Å². The van der Waals surface area contributed by atoms with E-state index in [1.165, 1.54) is 4.90 Å². The van der Waals surface area contributed by atoms with Crippen LogP contribution in [-0.4, -0.2) is 27.0 Å². The van der Waals surface area contributed by atoms with Crippen LogP contribution >= 0.6 is 0 Å². The summed E-state index contributed by atoms with van der Waals surface area (Å²) >= 11 is 0. The van der Waals surface area contributed by atoms with Gasteiger partial charge >= 0.3 is 6.09 Å². The van der Waals surface area contributed by atoms with Gasteiger partial charge in [-0.3, -0.25) is 14.7 Å². The van der Waals surface area contributed by atoms with Crippen LogP contribution in [0, 0.1) is 0 Å². The third-order valence-corrected chi connectivity index (χ3v) is 5.27. The first-order valence-electron chi connectivity index (χ1n) is 8.43. The molecule has 26 heavy (non-hydrogen) atoms. The lowest BCUT2D eigenvalue weighted by molar-refractivity contribution is 0.103. The molecule has 2 aliphatic rings. The average molecular weight is 345 g/mol. The van der Waals surface area contributed by atoms with Crippen molar-refractivity contribution in [2.45, 2.75) is 19.0 Å². The zero-order valence-corrected chi connectivity index (χ0v) is 13.8. The minimum Gasteiger partial charge on any atom is -0.465 e. The van der Waals surface area contributed by atoms with Crippen molar-refractivity contribution in [3.63, 3.8) is 0 Å². The fourth-order valence-electron chi connectivity index (χ4n) is 4.04. The van der Waals surface area contributed by atoms with Gasteiger partial charge in [-0.25, -0.2) is 4.79 Å². The van der Waals surface area contributed by atoms with Crippen molar-refractivity contribution in [3.8, 4) is 0 Å². The number of amides is 2. The highest BCUT2D eigenvalue weighted by Crippen LogP contribution is 2.40. The predicted molar refractivity (Wildman–Crippen MR) is 96.2 cm³/mol. The summed E-state index contributed by atoms with van der Waals surface area (Å²) in [5.74, 6) is -0.145. The number of anilines is 1. The number of carboxylic acid groups (broad SMARTS) is 1. The van der Waals surface area contributed by atoms with E-state index in [9.17, 15) is 14.7 Å². The molecule has 0 fully saturated rings. The number of fused-ring (bicyclic) bond motifs is 1. The third kappa shape index (κ3) is 2.02. The predicted octanol–water partition coefficient (Wildman–Crippen LogP) is 3.58. The van der Waals surface area contributed by atoms with Gasteiger partial charge in [-0.05, 0) is 29.7 Å². The van der Waals surface area contributed by atoms with Gasteiger partial charge in [0.1, 0.15) is 0 Å². The standard InChI is InChI=1S/C20H15N3O3/c24-19-14-6-5-13(18-17(14)15(22-19)7-8-21-18)16-9-11-3-1-2-4-12(11)10-23(16)20(25)26/h1-8,16H,9-10H2,(H,22,24)(H,25,26)/t16-/m0/s1. The Morgan fingerprint density at radius 1 is 1.15 bits per heavy atom. The number of benzene rings is 2. The van der Waals surface area contributed by atoms with Gasteiger partial charge in [-0.2, -0.15) is 0 Å². The molecule has 2 amide bonds. The number of carbonyl (C=O) groups excluding carboxylic acids is 1. The molecule has 2 N–H and O–H groups in total. The Labute approximate surface area is 149 Å². The van der Waals surface area contributed by atoms with Crippen LogP contribution in [0.4, 0.5) is 10.5 Å². The third-order valence-electron chi connectivity index (χ3n) is 5.27. The van der Waals surface area contributed by atoms with Crippen molar-refractivity contribution in [3.05, 3.63) is 70.9 Å². The van der Waals surface area contributed by atoms with E-state index in [1.54, 1.807) is 18.3 Å². The van der Waals surface area contributed by atoms with Gasteiger partial charge in [0.25, 0.3) is 5.91 Å². The largest absolute Gasteiger partial charge is 0.465 e. The summed E-state index contributed by atoms with van der Waals surface area (Å²) in [4.78, 5) is 30.0. The average Bonchev–Trinajstić information content (AvgIpc) is 2.98. The molecule has 0 spiro atoms. The van der Waals surface area contributed by atoms with Gasteiger partial charge in [0.2, 0.25) is 0 Å². The van der Waals surface area contributed by atoms with Crippen LogP contribution in [0.25, 0.3) is 10.9 Å². The zero-order chi connectivity index (χ0) is 17.8. The van der Waals surface area contributed by atoms with Crippen LogP contribution in [-0.2, 0) is 13.0 Å². The molecule has 2 aliphatic heterocycles. The molecule has 6 heteroatoms. The highest BCUT2D eigenvalue weighted by atomic mass is 16.4. The van der Waals surface area contributed by atoms with Gasteiger partial charge in [-0.1, -0.05) is 30.3 Å². The van der Waals surface area contributed by atoms with E-state index in [-0.39, 0.29) is 11.9 Å². The Morgan fingerprint density at radius 2 is 1.96 bits per heavy atom. The van der Waals surface area contributed by atoms with Gasteiger partial charge in [-0.15, -0.1) is 0 Å². The van der Waals surface area contributed by atoms with Crippen molar-refractivity contribution in [1.82, 2.24) is 9.88 Å². The van der Waals surface area contributed by atoms with Gasteiger partial charge in [0.15, 0.2) is 0 Å². The molecule has 6 nitrogen and oxygen atoms in total. The summed E-state index contributed by atoms with van der Waals surface area (Å²) in [7, 11) is 0. The highest BCUT2D eigenvalue weighted by Gasteiger charge is 2.33. The summed E-state index contributed by atoms with van der Waals surface area (Å²) in [5.41, 5.74) is 5.02. The Balaban J connectivity index is 1.71. The first-order chi connectivity index (χ1) is 12.6. The van der Waals surface area contributed by atoms with Crippen LogP contribution in [0.2, 0.25) is 0 Å². The fraction of sp³-hybridized carbons (Fsp3) is 0.150. The van der Waals surface area contributed by atoms with Crippen molar-refractivity contribution in [2.24, 2.45) is 0 Å². The second-order valence-electron chi connectivity index (χ2n) is 6.64. The number of carbonyl (C=O) groups is 2. The molecular weight excluding hydrogens is 330 g/mol. The molecule has 3 aromatic rings. The lowest BCUT2D eigenvalue weighted by Crippen LogP contribution is -2.38. The Hall–Kier alpha value is -3.41.